The number of aromatic nitrogens is 1. The van der Waals surface area contributed by atoms with E-state index in [0.29, 0.717) is 11.1 Å². The Morgan fingerprint density at radius 1 is 1.13 bits per heavy atom. The number of hydrogen-bond acceptors (Lipinski definition) is 5. The molecule has 0 atom stereocenters. The molecule has 0 amide bonds. The summed E-state index contributed by atoms with van der Waals surface area (Å²) in [5, 5.41) is 7.28. The van der Waals surface area contributed by atoms with Crippen LogP contribution in [0.15, 0.2) is 47.5 Å². The maximum absolute atomic E-state index is 14.9. The summed E-state index contributed by atoms with van der Waals surface area (Å²) < 4.78 is 56.8. The van der Waals surface area contributed by atoms with Crippen molar-refractivity contribution in [3.63, 3.8) is 0 Å². The second-order valence-corrected chi connectivity index (χ2v) is 8.40. The third kappa shape index (κ3) is 4.70. The Morgan fingerprint density at radius 2 is 1.87 bits per heavy atom. The lowest BCUT2D eigenvalue weighted by Crippen LogP contribution is -2.16. The monoisotopic (exact) mass is 440 g/mol. The van der Waals surface area contributed by atoms with Crippen LogP contribution in [0.3, 0.4) is 0 Å². The van der Waals surface area contributed by atoms with E-state index in [1.807, 2.05) is 0 Å². The van der Waals surface area contributed by atoms with Gasteiger partial charge in [-0.1, -0.05) is 24.0 Å². The summed E-state index contributed by atoms with van der Waals surface area (Å²) in [6.45, 7) is 3.36. The van der Waals surface area contributed by atoms with E-state index in [4.69, 9.17) is 11.1 Å². The van der Waals surface area contributed by atoms with Crippen LogP contribution in [0.2, 0.25) is 0 Å². The molecular weight excluding hydrogens is 422 g/mol. The van der Waals surface area contributed by atoms with Crippen LogP contribution in [0.1, 0.15) is 27.8 Å². The molecule has 0 radical (unpaired) electrons. The van der Waals surface area contributed by atoms with Crippen LogP contribution in [-0.4, -0.2) is 19.6 Å². The molecule has 0 saturated heterocycles. The van der Waals surface area contributed by atoms with Crippen LogP contribution in [0.25, 0.3) is 0 Å². The number of halogens is 2. The number of rotatable bonds is 4. The molecule has 2 aromatic carbocycles. The highest BCUT2D eigenvalue weighted by Crippen LogP contribution is 2.25. The quantitative estimate of drug-likeness (QED) is 0.424. The number of pyridine rings is 1. The number of nitrogens with zero attached hydrogens (tertiary/aromatic N) is 1. The van der Waals surface area contributed by atoms with E-state index in [1.165, 1.54) is 18.3 Å². The largest absolute Gasteiger partial charge is 0.383 e. The zero-order chi connectivity index (χ0) is 22.8. The summed E-state index contributed by atoms with van der Waals surface area (Å²) in [7, 11) is -4.11. The molecule has 158 valence electrons. The molecule has 0 saturated carbocycles. The minimum atomic E-state index is -4.11. The summed E-state index contributed by atoms with van der Waals surface area (Å²) in [5.41, 5.74) is 6.37. The molecule has 0 unspecified atom stereocenters. The van der Waals surface area contributed by atoms with Crippen molar-refractivity contribution in [1.29, 1.82) is 5.41 Å². The molecule has 31 heavy (non-hydrogen) atoms. The summed E-state index contributed by atoms with van der Waals surface area (Å²) in [5.74, 6) is 2.95. The van der Waals surface area contributed by atoms with Crippen molar-refractivity contribution in [3.05, 3.63) is 82.0 Å². The highest BCUT2D eigenvalue weighted by molar-refractivity contribution is 7.92. The summed E-state index contributed by atoms with van der Waals surface area (Å²) in [4.78, 5) is 3.86. The number of anilines is 2. The number of hydrogen-bond donors (Lipinski definition) is 3. The Kier molecular flexibility index (Phi) is 6.04. The first-order valence-corrected chi connectivity index (χ1v) is 10.5. The fourth-order valence-electron chi connectivity index (χ4n) is 2.75. The fourth-order valence-corrected chi connectivity index (χ4v) is 4.14. The standard InChI is InChI=1S/C22H18F2N4O2S/c1-13-3-4-14(2)20(9-13)31(29,30)28-19-8-7-18(23)17(21(19)24)6-5-15-10-16(11-25)22(26)27-12-15/h3-4,7-12,25,28H,1-2H3,(H2,26,27). The average molecular weight is 440 g/mol. The molecule has 1 heterocycles. The lowest BCUT2D eigenvalue weighted by molar-refractivity contribution is 0.577. The van der Waals surface area contributed by atoms with Crippen LogP contribution in [0.4, 0.5) is 20.3 Å². The van der Waals surface area contributed by atoms with Gasteiger partial charge in [0.25, 0.3) is 10.0 Å². The highest BCUT2D eigenvalue weighted by Gasteiger charge is 2.21. The molecule has 6 nitrogen and oxygen atoms in total. The molecule has 0 spiro atoms. The van der Waals surface area contributed by atoms with E-state index in [-0.39, 0.29) is 16.3 Å². The Bertz CT molecular complexity index is 1360. The maximum Gasteiger partial charge on any atom is 0.262 e. The molecule has 3 aromatic rings. The highest BCUT2D eigenvalue weighted by atomic mass is 32.2. The van der Waals surface area contributed by atoms with Gasteiger partial charge in [-0.3, -0.25) is 4.72 Å². The van der Waals surface area contributed by atoms with E-state index >= 15 is 0 Å². The van der Waals surface area contributed by atoms with E-state index in [2.05, 4.69) is 21.5 Å². The van der Waals surface area contributed by atoms with Gasteiger partial charge in [-0.25, -0.2) is 22.2 Å². The maximum atomic E-state index is 14.9. The van der Waals surface area contributed by atoms with E-state index in [9.17, 15) is 17.2 Å². The molecule has 0 aliphatic carbocycles. The molecule has 0 bridgehead atoms. The van der Waals surface area contributed by atoms with Crippen LogP contribution in [-0.2, 0) is 10.0 Å². The van der Waals surface area contributed by atoms with Crippen molar-refractivity contribution in [2.75, 3.05) is 10.5 Å². The predicted octanol–water partition coefficient (Wildman–Crippen LogP) is 3.76. The van der Waals surface area contributed by atoms with Gasteiger partial charge in [0, 0.05) is 23.5 Å². The van der Waals surface area contributed by atoms with Gasteiger partial charge < -0.3 is 11.1 Å². The van der Waals surface area contributed by atoms with Gasteiger partial charge in [0.2, 0.25) is 0 Å². The van der Waals surface area contributed by atoms with Gasteiger partial charge in [0.1, 0.15) is 11.6 Å². The molecule has 9 heteroatoms. The van der Waals surface area contributed by atoms with Crippen molar-refractivity contribution in [3.8, 4) is 11.8 Å². The summed E-state index contributed by atoms with van der Waals surface area (Å²) >= 11 is 0. The molecule has 4 N–H and O–H groups in total. The predicted molar refractivity (Wildman–Crippen MR) is 116 cm³/mol. The number of nitrogens with one attached hydrogen (secondary N) is 2. The minimum Gasteiger partial charge on any atom is -0.383 e. The first-order chi connectivity index (χ1) is 14.6. The van der Waals surface area contributed by atoms with Crippen LogP contribution in [0, 0.1) is 42.7 Å². The van der Waals surface area contributed by atoms with E-state index in [1.54, 1.807) is 26.0 Å². The number of nitrogen functional groups attached to an aromatic ring is 1. The zero-order valence-electron chi connectivity index (χ0n) is 16.6. The first kappa shape index (κ1) is 21.9. The minimum absolute atomic E-state index is 0.00372. The van der Waals surface area contributed by atoms with Crippen molar-refractivity contribution in [2.24, 2.45) is 0 Å². The SMILES string of the molecule is Cc1ccc(C)c(S(=O)(=O)Nc2ccc(F)c(C#Cc3cnc(N)c(C=N)c3)c2F)c1. The zero-order valence-corrected chi connectivity index (χ0v) is 17.4. The third-order valence-electron chi connectivity index (χ3n) is 4.41. The second-order valence-electron chi connectivity index (χ2n) is 6.75. The van der Waals surface area contributed by atoms with Gasteiger partial charge in [-0.05, 0) is 49.2 Å². The van der Waals surface area contributed by atoms with E-state index in [0.717, 1.165) is 23.9 Å². The molecule has 1 aromatic heterocycles. The topological polar surface area (TPSA) is 109 Å². The first-order valence-electron chi connectivity index (χ1n) is 8.98. The normalized spacial score (nSPS) is 10.8. The molecular formula is C22H18F2N4O2S. The Morgan fingerprint density at radius 3 is 2.58 bits per heavy atom. The molecule has 3 rings (SSSR count). The summed E-state index contributed by atoms with van der Waals surface area (Å²) in [6.07, 6.45) is 2.29. The average Bonchev–Trinajstić information content (AvgIpc) is 2.72. The Labute approximate surface area is 178 Å². The molecule has 0 fully saturated rings. The van der Waals surface area contributed by atoms with Gasteiger partial charge >= 0.3 is 0 Å². The van der Waals surface area contributed by atoms with Gasteiger partial charge in [0.15, 0.2) is 5.82 Å². The van der Waals surface area contributed by atoms with Crippen molar-refractivity contribution in [1.82, 2.24) is 4.98 Å². The smallest absolute Gasteiger partial charge is 0.262 e. The number of sulfonamides is 1. The lowest BCUT2D eigenvalue weighted by Gasteiger charge is -2.12. The molecule has 0 aliphatic heterocycles. The summed E-state index contributed by atoms with van der Waals surface area (Å²) in [6, 6.07) is 8.25. The van der Waals surface area contributed by atoms with Crippen molar-refractivity contribution < 1.29 is 17.2 Å². The van der Waals surface area contributed by atoms with Crippen LogP contribution < -0.4 is 10.5 Å². The van der Waals surface area contributed by atoms with Crippen molar-refractivity contribution >= 4 is 27.7 Å². The molecule has 0 aliphatic rings. The van der Waals surface area contributed by atoms with Crippen LogP contribution >= 0.6 is 0 Å². The fraction of sp³-hybridized carbons (Fsp3) is 0.0909. The van der Waals surface area contributed by atoms with Gasteiger partial charge in [-0.15, -0.1) is 0 Å². The van der Waals surface area contributed by atoms with E-state index < -0.39 is 32.9 Å². The van der Waals surface area contributed by atoms with Crippen LogP contribution in [0.5, 0.6) is 0 Å². The lowest BCUT2D eigenvalue weighted by atomic mass is 10.1. The van der Waals surface area contributed by atoms with Gasteiger partial charge in [0.05, 0.1) is 16.1 Å². The second kappa shape index (κ2) is 8.53. The number of benzene rings is 2. The van der Waals surface area contributed by atoms with Gasteiger partial charge in [-0.2, -0.15) is 0 Å². The number of nitrogens with two attached hydrogens (primary N) is 1. The Balaban J connectivity index is 2.00. The Hall–Kier alpha value is -3.77. The van der Waals surface area contributed by atoms with Crippen molar-refractivity contribution in [2.45, 2.75) is 18.7 Å². The third-order valence-corrected chi connectivity index (χ3v) is 5.91. The number of aryl methyl sites for hydroxylation is 2.